The molecule has 0 atom stereocenters. The Balaban J connectivity index is 1.02. The lowest BCUT2D eigenvalue weighted by molar-refractivity contribution is 0.769. The highest BCUT2D eigenvalue weighted by atomic mass is 14.9. The van der Waals surface area contributed by atoms with Crippen molar-refractivity contribution < 1.29 is 0 Å². The second-order valence-electron chi connectivity index (χ2n) is 16.9. The SMILES string of the molecule is c1ccc(-c2cc(-c3cccc(-c4ccc(-c5cc6c(cc5-c5ccc7ccccc7c5)-c5ccccc5C6(c5ccccc5)c5ccccc5)cc4)c3)nc(-c3ccccc3)n2)cc1. The van der Waals surface area contributed by atoms with Crippen LogP contribution in [0.15, 0.2) is 255 Å². The maximum atomic E-state index is 5.13. The Morgan fingerprint density at radius 3 is 1.48 bits per heavy atom. The van der Waals surface area contributed by atoms with Crippen LogP contribution in [0, 0.1) is 0 Å². The predicted octanol–water partition coefficient (Wildman–Crippen LogP) is 16.0. The molecule has 1 aliphatic carbocycles. The van der Waals surface area contributed by atoms with E-state index in [2.05, 4.69) is 231 Å². The van der Waals surface area contributed by atoms with Gasteiger partial charge in [0.1, 0.15) is 0 Å². The van der Waals surface area contributed by atoms with Crippen molar-refractivity contribution in [3.8, 4) is 78.4 Å². The number of rotatable bonds is 8. The van der Waals surface area contributed by atoms with Gasteiger partial charge in [0, 0.05) is 16.7 Å². The van der Waals surface area contributed by atoms with Crippen LogP contribution in [0.5, 0.6) is 0 Å². The van der Waals surface area contributed by atoms with Crippen LogP contribution in [0.4, 0.5) is 0 Å². The molecule has 0 amide bonds. The van der Waals surface area contributed by atoms with Crippen LogP contribution in [0.1, 0.15) is 22.3 Å². The van der Waals surface area contributed by atoms with Gasteiger partial charge in [0.05, 0.1) is 16.8 Å². The van der Waals surface area contributed by atoms with E-state index in [-0.39, 0.29) is 0 Å². The lowest BCUT2D eigenvalue weighted by Crippen LogP contribution is -2.28. The minimum Gasteiger partial charge on any atom is -0.228 e. The lowest BCUT2D eigenvalue weighted by atomic mass is 9.67. The molecule has 11 aromatic rings. The van der Waals surface area contributed by atoms with Crippen LogP contribution in [-0.2, 0) is 5.41 Å². The van der Waals surface area contributed by atoms with Crippen LogP contribution in [-0.4, -0.2) is 9.97 Å². The molecule has 2 nitrogen and oxygen atoms in total. The Kier molecular flexibility index (Phi) is 9.43. The van der Waals surface area contributed by atoms with Crippen LogP contribution in [0.3, 0.4) is 0 Å². The third-order valence-electron chi connectivity index (χ3n) is 13.2. The molecule has 0 spiro atoms. The van der Waals surface area contributed by atoms with Gasteiger partial charge in [-0.15, -0.1) is 0 Å². The molecule has 0 saturated carbocycles. The van der Waals surface area contributed by atoms with Gasteiger partial charge in [-0.05, 0) is 108 Å². The first kappa shape index (κ1) is 38.2. The summed E-state index contributed by atoms with van der Waals surface area (Å²) in [4.78, 5) is 10.2. The van der Waals surface area contributed by atoms with E-state index in [1.54, 1.807) is 0 Å². The van der Waals surface area contributed by atoms with Gasteiger partial charge in [-0.25, -0.2) is 9.97 Å². The van der Waals surface area contributed by atoms with Crippen molar-refractivity contribution in [2.24, 2.45) is 0 Å². The molecule has 1 heterocycles. The van der Waals surface area contributed by atoms with Crippen molar-refractivity contribution in [3.63, 3.8) is 0 Å². The maximum Gasteiger partial charge on any atom is 0.160 e. The fourth-order valence-corrected chi connectivity index (χ4v) is 10.1. The minimum absolute atomic E-state index is 0.507. The number of hydrogen-bond donors (Lipinski definition) is 0. The summed E-state index contributed by atoms with van der Waals surface area (Å²) in [5.74, 6) is 0.708. The summed E-state index contributed by atoms with van der Waals surface area (Å²) >= 11 is 0. The van der Waals surface area contributed by atoms with Crippen LogP contribution in [0.2, 0.25) is 0 Å². The Bertz CT molecular complexity index is 3410. The van der Waals surface area contributed by atoms with Crippen molar-refractivity contribution in [1.82, 2.24) is 9.97 Å². The molecular weight excluding hydrogens is 785 g/mol. The summed E-state index contributed by atoms with van der Waals surface area (Å²) < 4.78 is 0. The van der Waals surface area contributed by atoms with Crippen molar-refractivity contribution in [2.75, 3.05) is 0 Å². The van der Waals surface area contributed by atoms with E-state index in [1.807, 2.05) is 24.3 Å². The largest absolute Gasteiger partial charge is 0.228 e. The van der Waals surface area contributed by atoms with Crippen molar-refractivity contribution in [2.45, 2.75) is 5.41 Å². The summed E-state index contributed by atoms with van der Waals surface area (Å²) in [5, 5.41) is 2.46. The fraction of sp³-hybridized carbons (Fsp3) is 0.0159. The highest BCUT2D eigenvalue weighted by Crippen LogP contribution is 2.58. The Hall–Kier alpha value is -8.46. The molecule has 0 fully saturated rings. The summed E-state index contributed by atoms with van der Waals surface area (Å²) in [7, 11) is 0. The second kappa shape index (κ2) is 16.0. The summed E-state index contributed by atoms with van der Waals surface area (Å²) in [6.45, 7) is 0. The van der Waals surface area contributed by atoms with Gasteiger partial charge < -0.3 is 0 Å². The van der Waals surface area contributed by atoms with E-state index in [0.717, 1.165) is 44.8 Å². The zero-order valence-corrected chi connectivity index (χ0v) is 35.6. The highest BCUT2D eigenvalue weighted by Gasteiger charge is 2.46. The molecule has 65 heavy (non-hydrogen) atoms. The molecule has 10 aromatic carbocycles. The summed E-state index contributed by atoms with van der Waals surface area (Å²) in [6, 6.07) is 92.2. The zero-order chi connectivity index (χ0) is 43.2. The molecule has 0 unspecified atom stereocenters. The summed E-state index contributed by atoms with van der Waals surface area (Å²) in [6.07, 6.45) is 0. The average molecular weight is 827 g/mol. The number of benzene rings is 10. The molecule has 0 bridgehead atoms. The van der Waals surface area contributed by atoms with Crippen molar-refractivity contribution >= 4 is 10.8 Å². The normalized spacial score (nSPS) is 12.4. The van der Waals surface area contributed by atoms with Gasteiger partial charge in [-0.2, -0.15) is 0 Å². The first-order valence-corrected chi connectivity index (χ1v) is 22.3. The van der Waals surface area contributed by atoms with Gasteiger partial charge in [-0.1, -0.05) is 224 Å². The summed E-state index contributed by atoms with van der Waals surface area (Å²) in [5.41, 5.74) is 19.1. The van der Waals surface area contributed by atoms with E-state index < -0.39 is 5.41 Å². The molecule has 1 aromatic heterocycles. The third kappa shape index (κ3) is 6.67. The predicted molar refractivity (Wildman–Crippen MR) is 269 cm³/mol. The molecule has 1 aliphatic rings. The van der Waals surface area contributed by atoms with E-state index in [0.29, 0.717) is 5.82 Å². The molecule has 0 saturated heterocycles. The number of hydrogen-bond acceptors (Lipinski definition) is 2. The van der Waals surface area contributed by atoms with Gasteiger partial charge in [0.15, 0.2) is 5.82 Å². The van der Waals surface area contributed by atoms with Crippen molar-refractivity contribution in [1.29, 1.82) is 0 Å². The first-order valence-electron chi connectivity index (χ1n) is 22.3. The average Bonchev–Trinajstić information content (AvgIpc) is 3.69. The van der Waals surface area contributed by atoms with Crippen LogP contribution >= 0.6 is 0 Å². The van der Waals surface area contributed by atoms with Gasteiger partial charge in [0.25, 0.3) is 0 Å². The van der Waals surface area contributed by atoms with Crippen LogP contribution in [0.25, 0.3) is 89.2 Å². The molecule has 12 rings (SSSR count). The van der Waals surface area contributed by atoms with E-state index >= 15 is 0 Å². The number of nitrogens with zero attached hydrogens (tertiary/aromatic N) is 2. The first-order chi connectivity index (χ1) is 32.2. The Morgan fingerprint density at radius 1 is 0.246 bits per heavy atom. The number of fused-ring (bicyclic) bond motifs is 4. The standard InChI is InChI=1S/C63H42N2/c1-5-19-46(20-6-1)60-42-61(65-62(64-60)47-21-7-2-8-22-47)51-25-17-24-49(39-51)44-32-35-45(36-33-44)56-41-59-57(40-55(56)50-37-34-43-18-13-14-23-48(43)38-50)54-30-15-16-31-58(54)63(59,52-26-9-3-10-27-52)53-28-11-4-12-29-53/h1-42H. The second-order valence-corrected chi connectivity index (χ2v) is 16.9. The fourth-order valence-electron chi connectivity index (χ4n) is 10.1. The smallest absolute Gasteiger partial charge is 0.160 e. The van der Waals surface area contributed by atoms with Gasteiger partial charge in [-0.3, -0.25) is 0 Å². The molecule has 2 heteroatoms. The molecule has 0 aliphatic heterocycles. The lowest BCUT2D eigenvalue weighted by Gasteiger charge is -2.34. The van der Waals surface area contributed by atoms with Gasteiger partial charge >= 0.3 is 0 Å². The monoisotopic (exact) mass is 826 g/mol. The molecule has 304 valence electrons. The third-order valence-corrected chi connectivity index (χ3v) is 13.2. The van der Waals surface area contributed by atoms with Gasteiger partial charge in [0.2, 0.25) is 0 Å². The minimum atomic E-state index is -0.507. The molecule has 0 radical (unpaired) electrons. The van der Waals surface area contributed by atoms with Crippen molar-refractivity contribution in [3.05, 3.63) is 277 Å². The van der Waals surface area contributed by atoms with E-state index in [1.165, 1.54) is 60.8 Å². The molecular formula is C63H42N2. The van der Waals surface area contributed by atoms with E-state index in [9.17, 15) is 0 Å². The topological polar surface area (TPSA) is 25.8 Å². The van der Waals surface area contributed by atoms with Crippen LogP contribution < -0.4 is 0 Å². The Labute approximate surface area is 379 Å². The zero-order valence-electron chi connectivity index (χ0n) is 35.6. The Morgan fingerprint density at radius 2 is 0.769 bits per heavy atom. The maximum absolute atomic E-state index is 5.13. The highest BCUT2D eigenvalue weighted by molar-refractivity contribution is 5.97. The number of aromatic nitrogens is 2. The quantitative estimate of drug-likeness (QED) is 0.152. The molecule has 0 N–H and O–H groups in total. The van der Waals surface area contributed by atoms with E-state index in [4.69, 9.17) is 9.97 Å².